The number of aromatic nitrogens is 2. The highest BCUT2D eigenvalue weighted by Crippen LogP contribution is 2.39. The van der Waals surface area contributed by atoms with Crippen LogP contribution < -0.4 is 0 Å². The van der Waals surface area contributed by atoms with E-state index in [1.54, 1.807) is 0 Å². The number of aryl methyl sites for hydroxylation is 2. The summed E-state index contributed by atoms with van der Waals surface area (Å²) in [5.41, 5.74) is 3.13. The van der Waals surface area contributed by atoms with Crippen LogP contribution in [0.2, 0.25) is 0 Å². The van der Waals surface area contributed by atoms with Gasteiger partial charge < -0.3 is 5.11 Å². The van der Waals surface area contributed by atoms with Gasteiger partial charge in [-0.1, -0.05) is 6.42 Å². The summed E-state index contributed by atoms with van der Waals surface area (Å²) in [6.07, 6.45) is 3.29. The van der Waals surface area contributed by atoms with Gasteiger partial charge in [-0.3, -0.25) is 4.68 Å². The molecule has 1 aliphatic carbocycles. The minimum absolute atomic E-state index is 0.294. The molecule has 1 N–H and O–H groups in total. The van der Waals surface area contributed by atoms with E-state index in [0.717, 1.165) is 29.8 Å². The zero-order chi connectivity index (χ0) is 10.3. The first-order valence-electron chi connectivity index (χ1n) is 5.29. The molecule has 1 heterocycles. The Morgan fingerprint density at radius 2 is 2.07 bits per heavy atom. The Balaban J connectivity index is 2.29. The number of aliphatic hydroxyl groups is 1. The molecule has 0 amide bonds. The molecular formula is C11H18N2O. The highest BCUT2D eigenvalue weighted by Gasteiger charge is 2.30. The van der Waals surface area contributed by atoms with Crippen molar-refractivity contribution in [3.8, 4) is 0 Å². The van der Waals surface area contributed by atoms with Crippen molar-refractivity contribution in [3.05, 3.63) is 17.0 Å². The summed E-state index contributed by atoms with van der Waals surface area (Å²) in [4.78, 5) is 0. The van der Waals surface area contributed by atoms with Gasteiger partial charge in [0.05, 0.1) is 11.8 Å². The lowest BCUT2D eigenvalue weighted by Crippen LogP contribution is -2.21. The summed E-state index contributed by atoms with van der Waals surface area (Å²) in [5, 5.41) is 14.5. The fraction of sp³-hybridized carbons (Fsp3) is 0.727. The summed E-state index contributed by atoms with van der Waals surface area (Å²) in [6.45, 7) is 4.00. The van der Waals surface area contributed by atoms with E-state index in [4.69, 9.17) is 0 Å². The minimum atomic E-state index is -0.294. The van der Waals surface area contributed by atoms with E-state index in [2.05, 4.69) is 5.10 Å². The van der Waals surface area contributed by atoms with Crippen molar-refractivity contribution >= 4 is 0 Å². The van der Waals surface area contributed by atoms with Gasteiger partial charge in [0.15, 0.2) is 0 Å². The van der Waals surface area contributed by atoms with Gasteiger partial charge in [-0.25, -0.2) is 0 Å². The standard InChI is InChI=1S/C11H18N2O/c1-7-10(8(2)13(3)12-7)11(14)9-5-4-6-9/h9,11,14H,4-6H2,1-3H3. The summed E-state index contributed by atoms with van der Waals surface area (Å²) in [6, 6.07) is 0. The lowest BCUT2D eigenvalue weighted by atomic mass is 9.78. The van der Waals surface area contributed by atoms with Crippen molar-refractivity contribution < 1.29 is 5.11 Å². The molecule has 1 fully saturated rings. The van der Waals surface area contributed by atoms with Crippen LogP contribution in [0.15, 0.2) is 0 Å². The summed E-state index contributed by atoms with van der Waals surface area (Å²) >= 11 is 0. The molecule has 1 aliphatic rings. The van der Waals surface area contributed by atoms with Crippen molar-refractivity contribution in [1.82, 2.24) is 9.78 Å². The molecule has 1 atom stereocenters. The third kappa shape index (κ3) is 1.36. The van der Waals surface area contributed by atoms with Crippen molar-refractivity contribution in [2.24, 2.45) is 13.0 Å². The lowest BCUT2D eigenvalue weighted by molar-refractivity contribution is 0.0610. The van der Waals surface area contributed by atoms with Gasteiger partial charge in [-0.2, -0.15) is 5.10 Å². The van der Waals surface area contributed by atoms with Crippen LogP contribution in [-0.4, -0.2) is 14.9 Å². The van der Waals surface area contributed by atoms with Gasteiger partial charge in [0, 0.05) is 18.3 Å². The average Bonchev–Trinajstić information content (AvgIpc) is 2.23. The second kappa shape index (κ2) is 3.39. The Morgan fingerprint density at radius 3 is 2.43 bits per heavy atom. The van der Waals surface area contributed by atoms with E-state index >= 15 is 0 Å². The molecular weight excluding hydrogens is 176 g/mol. The first kappa shape index (κ1) is 9.71. The van der Waals surface area contributed by atoms with E-state index in [1.807, 2.05) is 25.6 Å². The number of aliphatic hydroxyl groups excluding tert-OH is 1. The second-order valence-electron chi connectivity index (χ2n) is 4.34. The van der Waals surface area contributed by atoms with Gasteiger partial charge in [-0.05, 0) is 32.6 Å². The molecule has 1 aromatic rings. The highest BCUT2D eigenvalue weighted by atomic mass is 16.3. The van der Waals surface area contributed by atoms with Crippen molar-refractivity contribution in [2.75, 3.05) is 0 Å². The SMILES string of the molecule is Cc1nn(C)c(C)c1C(O)C1CCC1. The van der Waals surface area contributed by atoms with Crippen molar-refractivity contribution in [1.29, 1.82) is 0 Å². The molecule has 78 valence electrons. The van der Waals surface area contributed by atoms with Crippen LogP contribution in [0.1, 0.15) is 42.3 Å². The molecule has 1 saturated carbocycles. The van der Waals surface area contributed by atoms with Gasteiger partial charge in [0.25, 0.3) is 0 Å². The fourth-order valence-electron chi connectivity index (χ4n) is 2.21. The van der Waals surface area contributed by atoms with E-state index in [-0.39, 0.29) is 6.10 Å². The number of hydrogen-bond acceptors (Lipinski definition) is 2. The monoisotopic (exact) mass is 194 g/mol. The second-order valence-corrected chi connectivity index (χ2v) is 4.34. The maximum atomic E-state index is 10.2. The molecule has 14 heavy (non-hydrogen) atoms. The number of hydrogen-bond donors (Lipinski definition) is 1. The molecule has 0 bridgehead atoms. The van der Waals surface area contributed by atoms with E-state index in [0.29, 0.717) is 5.92 Å². The van der Waals surface area contributed by atoms with Crippen LogP contribution in [0.4, 0.5) is 0 Å². The van der Waals surface area contributed by atoms with Crippen LogP contribution in [0, 0.1) is 19.8 Å². The Hall–Kier alpha value is -0.830. The van der Waals surface area contributed by atoms with Crippen LogP contribution in [0.3, 0.4) is 0 Å². The quantitative estimate of drug-likeness (QED) is 0.780. The normalized spacial score (nSPS) is 19.4. The first-order chi connectivity index (χ1) is 6.61. The highest BCUT2D eigenvalue weighted by molar-refractivity contribution is 5.27. The Kier molecular flexibility index (Phi) is 2.35. The number of nitrogens with zero attached hydrogens (tertiary/aromatic N) is 2. The van der Waals surface area contributed by atoms with Crippen LogP contribution in [-0.2, 0) is 7.05 Å². The van der Waals surface area contributed by atoms with Crippen LogP contribution in [0.25, 0.3) is 0 Å². The summed E-state index contributed by atoms with van der Waals surface area (Å²) in [7, 11) is 1.93. The summed E-state index contributed by atoms with van der Waals surface area (Å²) < 4.78 is 1.85. The smallest absolute Gasteiger partial charge is 0.0853 e. The molecule has 2 rings (SSSR count). The van der Waals surface area contributed by atoms with E-state index in [1.165, 1.54) is 6.42 Å². The molecule has 0 spiro atoms. The maximum Gasteiger partial charge on any atom is 0.0853 e. The average molecular weight is 194 g/mol. The Labute approximate surface area is 84.7 Å². The zero-order valence-electron chi connectivity index (χ0n) is 9.12. The Bertz CT molecular complexity index is 339. The topological polar surface area (TPSA) is 38.0 Å². The molecule has 1 unspecified atom stereocenters. The fourth-order valence-corrected chi connectivity index (χ4v) is 2.21. The molecule has 3 nitrogen and oxygen atoms in total. The van der Waals surface area contributed by atoms with Gasteiger partial charge in [0.2, 0.25) is 0 Å². The molecule has 3 heteroatoms. The van der Waals surface area contributed by atoms with Gasteiger partial charge in [-0.15, -0.1) is 0 Å². The third-order valence-corrected chi connectivity index (χ3v) is 3.46. The third-order valence-electron chi connectivity index (χ3n) is 3.46. The zero-order valence-corrected chi connectivity index (χ0v) is 9.12. The Morgan fingerprint density at radius 1 is 1.43 bits per heavy atom. The van der Waals surface area contributed by atoms with Crippen LogP contribution in [0.5, 0.6) is 0 Å². The van der Waals surface area contributed by atoms with Gasteiger partial charge >= 0.3 is 0 Å². The van der Waals surface area contributed by atoms with Crippen molar-refractivity contribution in [2.45, 2.75) is 39.2 Å². The predicted octanol–water partition coefficient (Wildman–Crippen LogP) is 1.87. The number of rotatable bonds is 2. The van der Waals surface area contributed by atoms with Gasteiger partial charge in [0.1, 0.15) is 0 Å². The minimum Gasteiger partial charge on any atom is -0.388 e. The largest absolute Gasteiger partial charge is 0.388 e. The lowest BCUT2D eigenvalue weighted by Gasteiger charge is -2.30. The molecule has 1 aromatic heterocycles. The maximum absolute atomic E-state index is 10.2. The molecule has 0 radical (unpaired) electrons. The predicted molar refractivity (Wildman–Crippen MR) is 55.0 cm³/mol. The summed E-state index contributed by atoms with van der Waals surface area (Å²) in [5.74, 6) is 0.469. The van der Waals surface area contributed by atoms with E-state index in [9.17, 15) is 5.11 Å². The first-order valence-corrected chi connectivity index (χ1v) is 5.29. The molecule has 0 aromatic carbocycles. The molecule has 0 aliphatic heterocycles. The van der Waals surface area contributed by atoms with Crippen LogP contribution >= 0.6 is 0 Å². The van der Waals surface area contributed by atoms with E-state index < -0.39 is 0 Å². The van der Waals surface area contributed by atoms with Crippen molar-refractivity contribution in [3.63, 3.8) is 0 Å². The molecule has 0 saturated heterocycles.